The summed E-state index contributed by atoms with van der Waals surface area (Å²) in [5.41, 5.74) is 4.27. The quantitative estimate of drug-likeness (QED) is 0.557. The highest BCUT2D eigenvalue weighted by atomic mass is 15.0. The maximum absolute atomic E-state index is 5.26. The van der Waals surface area contributed by atoms with E-state index in [1.165, 1.54) is 36.0 Å². The van der Waals surface area contributed by atoms with E-state index < -0.39 is 0 Å². The smallest absolute Gasteiger partial charge is 0.0292 e. The predicted molar refractivity (Wildman–Crippen MR) is 113 cm³/mol. The highest BCUT2D eigenvalue weighted by Crippen LogP contribution is 2.28. The second-order valence-electron chi connectivity index (χ2n) is 7.86. The molecule has 0 saturated carbocycles. The molecule has 1 fully saturated rings. The van der Waals surface area contributed by atoms with Gasteiger partial charge in [-0.15, -0.1) is 0 Å². The van der Waals surface area contributed by atoms with Crippen LogP contribution in [0.4, 0.5) is 0 Å². The van der Waals surface area contributed by atoms with Crippen molar-refractivity contribution < 1.29 is 0 Å². The third-order valence-corrected chi connectivity index (χ3v) is 5.63. The molecule has 1 nitrogen and oxygen atoms in total. The monoisotopic (exact) mass is 354 g/mol. The second-order valence-corrected chi connectivity index (χ2v) is 7.86. The summed E-state index contributed by atoms with van der Waals surface area (Å²) in [6.45, 7) is 0. The molecule has 2 atom stereocenters. The van der Waals surface area contributed by atoms with Crippen molar-refractivity contribution in [3.8, 4) is 0 Å². The summed E-state index contributed by atoms with van der Waals surface area (Å²) in [7, 11) is 0. The van der Waals surface area contributed by atoms with Crippen LogP contribution < -0.4 is 5.32 Å². The van der Waals surface area contributed by atoms with Gasteiger partial charge in [0.2, 0.25) is 0 Å². The Hall–Kier alpha value is -2.38. The van der Waals surface area contributed by atoms with Crippen molar-refractivity contribution in [1.82, 2.24) is 5.32 Å². The lowest BCUT2D eigenvalue weighted by Crippen LogP contribution is -2.43. The number of hydrogen-bond acceptors (Lipinski definition) is 0. The molecule has 0 amide bonds. The number of rotatable bonds is 6. The first-order valence-electron chi connectivity index (χ1n) is 10.2. The van der Waals surface area contributed by atoms with Crippen LogP contribution in [0.3, 0.4) is 0 Å². The molecule has 137 valence electrons. The molecule has 1 heterocycles. The molecule has 1 heteroatoms. The average molecular weight is 355 g/mol. The highest BCUT2D eigenvalue weighted by molar-refractivity contribution is 5.19. The Morgan fingerprint density at radius 2 is 0.889 bits per heavy atom. The Kier molecular flexibility index (Phi) is 6.01. The summed E-state index contributed by atoms with van der Waals surface area (Å²) in [5.74, 6) is 0.715. The van der Waals surface area contributed by atoms with Gasteiger partial charge in [-0.1, -0.05) is 91.0 Å². The van der Waals surface area contributed by atoms with Gasteiger partial charge in [-0.25, -0.2) is 5.32 Å². The number of hydrogen-bond donors (Lipinski definition) is 0. The van der Waals surface area contributed by atoms with Crippen LogP contribution >= 0.6 is 0 Å². The first-order chi connectivity index (χ1) is 13.3. The minimum Gasteiger partial charge on any atom is -0.234 e. The van der Waals surface area contributed by atoms with Crippen molar-refractivity contribution >= 4 is 0 Å². The lowest BCUT2D eigenvalue weighted by atomic mass is 9.80. The molecule has 3 aromatic carbocycles. The van der Waals surface area contributed by atoms with Gasteiger partial charge in [0.25, 0.3) is 0 Å². The number of benzene rings is 3. The van der Waals surface area contributed by atoms with Gasteiger partial charge in [0.05, 0.1) is 0 Å². The van der Waals surface area contributed by atoms with Gasteiger partial charge >= 0.3 is 0 Å². The Morgan fingerprint density at radius 3 is 1.30 bits per heavy atom. The van der Waals surface area contributed by atoms with E-state index in [2.05, 4.69) is 91.0 Å². The van der Waals surface area contributed by atoms with E-state index in [0.29, 0.717) is 18.0 Å². The molecule has 1 aliphatic heterocycles. The molecular weight excluding hydrogens is 326 g/mol. The summed E-state index contributed by atoms with van der Waals surface area (Å²) >= 11 is 0. The molecular formula is C26H28N. The molecule has 0 N–H and O–H groups in total. The molecule has 3 aromatic rings. The van der Waals surface area contributed by atoms with E-state index in [9.17, 15) is 0 Å². The third-order valence-electron chi connectivity index (χ3n) is 5.63. The maximum Gasteiger partial charge on any atom is 0.0292 e. The Labute approximate surface area is 163 Å². The fourth-order valence-electron chi connectivity index (χ4n) is 4.44. The topological polar surface area (TPSA) is 14.1 Å². The van der Waals surface area contributed by atoms with Gasteiger partial charge in [0.1, 0.15) is 0 Å². The fourth-order valence-corrected chi connectivity index (χ4v) is 4.44. The molecule has 0 bridgehead atoms. The molecule has 1 radical (unpaired) electrons. The van der Waals surface area contributed by atoms with E-state index >= 15 is 0 Å². The van der Waals surface area contributed by atoms with E-state index in [-0.39, 0.29) is 0 Å². The molecule has 0 aliphatic carbocycles. The standard InChI is InChI=1S/C26H28N/c1-4-10-21(11-5-1)16-24-19-25(17-22-12-6-2-7-13-22)27-26(20-24)18-23-14-8-3-9-15-23/h1-15,24-26H,16-20H2. The Morgan fingerprint density at radius 1 is 0.519 bits per heavy atom. The number of piperidine rings is 1. The summed E-state index contributed by atoms with van der Waals surface area (Å²) in [6, 6.07) is 33.5. The first kappa shape index (κ1) is 18.0. The van der Waals surface area contributed by atoms with Crippen LogP contribution in [0.25, 0.3) is 0 Å². The maximum atomic E-state index is 5.26. The molecule has 1 saturated heterocycles. The minimum atomic E-state index is 0.434. The van der Waals surface area contributed by atoms with Crippen LogP contribution in [-0.2, 0) is 19.3 Å². The second kappa shape index (κ2) is 9.01. The van der Waals surface area contributed by atoms with Crippen molar-refractivity contribution in [2.24, 2.45) is 5.92 Å². The molecule has 4 rings (SSSR count). The van der Waals surface area contributed by atoms with Gasteiger partial charge < -0.3 is 0 Å². The van der Waals surface area contributed by atoms with Gasteiger partial charge in [-0.2, -0.15) is 0 Å². The zero-order chi connectivity index (χ0) is 18.3. The van der Waals surface area contributed by atoms with Crippen molar-refractivity contribution in [3.05, 3.63) is 108 Å². The average Bonchev–Trinajstić information content (AvgIpc) is 2.70. The van der Waals surface area contributed by atoms with Crippen LogP contribution in [0.15, 0.2) is 91.0 Å². The highest BCUT2D eigenvalue weighted by Gasteiger charge is 2.29. The predicted octanol–water partition coefficient (Wildman–Crippen LogP) is 5.47. The van der Waals surface area contributed by atoms with Gasteiger partial charge in [0, 0.05) is 12.1 Å². The summed E-state index contributed by atoms with van der Waals surface area (Å²) < 4.78 is 0. The van der Waals surface area contributed by atoms with Gasteiger partial charge in [-0.05, 0) is 54.7 Å². The molecule has 1 aliphatic rings. The van der Waals surface area contributed by atoms with Crippen LogP contribution in [0, 0.1) is 5.92 Å². The normalized spacial score (nSPS) is 22.4. The zero-order valence-corrected chi connectivity index (χ0v) is 15.9. The van der Waals surface area contributed by atoms with E-state index in [1.54, 1.807) is 0 Å². The minimum absolute atomic E-state index is 0.434. The van der Waals surface area contributed by atoms with Crippen molar-refractivity contribution in [1.29, 1.82) is 0 Å². The van der Waals surface area contributed by atoms with E-state index in [0.717, 1.165) is 12.8 Å². The molecule has 0 spiro atoms. The summed E-state index contributed by atoms with van der Waals surface area (Å²) in [5, 5.41) is 5.26. The Bertz CT molecular complexity index is 678. The van der Waals surface area contributed by atoms with Crippen molar-refractivity contribution in [2.75, 3.05) is 0 Å². The Balaban J connectivity index is 1.47. The van der Waals surface area contributed by atoms with Gasteiger partial charge in [-0.3, -0.25) is 0 Å². The van der Waals surface area contributed by atoms with E-state index in [1.807, 2.05) is 0 Å². The first-order valence-corrected chi connectivity index (χ1v) is 10.2. The van der Waals surface area contributed by atoms with Crippen LogP contribution in [0.5, 0.6) is 0 Å². The fraction of sp³-hybridized carbons (Fsp3) is 0.308. The molecule has 27 heavy (non-hydrogen) atoms. The van der Waals surface area contributed by atoms with Gasteiger partial charge in [0.15, 0.2) is 0 Å². The van der Waals surface area contributed by atoms with Crippen LogP contribution in [0.1, 0.15) is 29.5 Å². The van der Waals surface area contributed by atoms with Crippen molar-refractivity contribution in [2.45, 2.75) is 44.2 Å². The van der Waals surface area contributed by atoms with Crippen molar-refractivity contribution in [3.63, 3.8) is 0 Å². The van der Waals surface area contributed by atoms with Crippen LogP contribution in [0.2, 0.25) is 0 Å². The summed E-state index contributed by atoms with van der Waals surface area (Å²) in [4.78, 5) is 0. The lowest BCUT2D eigenvalue weighted by Gasteiger charge is -2.35. The zero-order valence-electron chi connectivity index (χ0n) is 15.9. The lowest BCUT2D eigenvalue weighted by molar-refractivity contribution is 0.231. The van der Waals surface area contributed by atoms with Crippen LogP contribution in [-0.4, -0.2) is 12.1 Å². The molecule has 0 aromatic heterocycles. The number of nitrogens with zero attached hydrogens (tertiary/aromatic N) is 1. The third kappa shape index (κ3) is 5.30. The SMILES string of the molecule is c1ccc(CC2CC(Cc3ccccc3)[N]C(Cc3ccccc3)C2)cc1. The largest absolute Gasteiger partial charge is 0.234 e. The van der Waals surface area contributed by atoms with E-state index in [4.69, 9.17) is 5.32 Å². The molecule has 2 unspecified atom stereocenters. The summed E-state index contributed by atoms with van der Waals surface area (Å²) in [6.07, 6.45) is 5.71.